The number of benzene rings is 5. The standard InChI is InChI=1S/C57H46IN3/c1-4-35-59-56-53(58)33-32-50-46(34-36-60-55(50)56)41(5-2)27-24-39(3)42-28-25-40(26-29-42)38-61-54-23-15-13-20-47(54)43-30-31-49-48-21-12-14-22-51(48)57(52(49)37-43,44-16-8-6-9-17-44)45-18-10-7-11-19-45/h4-29,31-37,39H,1,30,38H2,2-3H3/b27-24-,41-5+,47-43+,59-35?,61-54?/t39-/m0/s1. The van der Waals surface area contributed by atoms with Gasteiger partial charge in [-0.2, -0.15) is 0 Å². The molecule has 1 atom stereocenters. The van der Waals surface area contributed by atoms with Crippen molar-refractivity contribution in [1.82, 2.24) is 4.98 Å². The molecule has 5 aromatic carbocycles. The largest absolute Gasteiger partial charge is 0.280 e. The zero-order chi connectivity index (χ0) is 41.8. The molecule has 0 aliphatic heterocycles. The molecule has 61 heavy (non-hydrogen) atoms. The number of aromatic nitrogens is 1. The quantitative estimate of drug-likeness (QED) is 0.0767. The summed E-state index contributed by atoms with van der Waals surface area (Å²) in [5.41, 5.74) is 17.4. The first-order chi connectivity index (χ1) is 30.0. The first-order valence-corrected chi connectivity index (χ1v) is 22.0. The molecule has 0 spiro atoms. The molecule has 0 N–H and O–H groups in total. The number of rotatable bonds is 10. The zero-order valence-corrected chi connectivity index (χ0v) is 36.6. The highest BCUT2D eigenvalue weighted by molar-refractivity contribution is 14.1. The van der Waals surface area contributed by atoms with Crippen LogP contribution in [0.2, 0.25) is 0 Å². The maximum atomic E-state index is 5.25. The van der Waals surface area contributed by atoms with Crippen LogP contribution >= 0.6 is 22.6 Å². The maximum Gasteiger partial charge on any atom is 0.103 e. The second-order valence-electron chi connectivity index (χ2n) is 15.6. The molecular formula is C57H46IN3. The Bertz CT molecular complexity index is 2900. The number of hydrogen-bond donors (Lipinski definition) is 0. The van der Waals surface area contributed by atoms with Crippen molar-refractivity contribution < 1.29 is 0 Å². The molecule has 9 rings (SSSR count). The third-order valence-corrected chi connectivity index (χ3v) is 13.0. The van der Waals surface area contributed by atoms with Crippen molar-refractivity contribution in [3.05, 3.63) is 260 Å². The van der Waals surface area contributed by atoms with Crippen molar-refractivity contribution in [2.45, 2.75) is 38.1 Å². The molecule has 4 heteroatoms. The minimum atomic E-state index is -0.428. The molecular weight excluding hydrogens is 854 g/mol. The van der Waals surface area contributed by atoms with E-state index in [-0.39, 0.29) is 5.92 Å². The molecule has 296 valence electrons. The van der Waals surface area contributed by atoms with Gasteiger partial charge in [0.2, 0.25) is 0 Å². The first kappa shape index (κ1) is 39.9. The number of hydrogen-bond acceptors (Lipinski definition) is 3. The van der Waals surface area contributed by atoms with E-state index < -0.39 is 5.41 Å². The highest BCUT2D eigenvalue weighted by Crippen LogP contribution is 2.58. The Morgan fingerprint density at radius 1 is 0.852 bits per heavy atom. The van der Waals surface area contributed by atoms with E-state index in [0.717, 1.165) is 43.4 Å². The molecule has 6 aromatic rings. The molecule has 1 aromatic heterocycles. The highest BCUT2D eigenvalue weighted by Gasteiger charge is 2.48. The van der Waals surface area contributed by atoms with Crippen molar-refractivity contribution >= 4 is 62.3 Å². The third-order valence-electron chi connectivity index (χ3n) is 12.1. The fourth-order valence-corrected chi connectivity index (χ4v) is 9.68. The van der Waals surface area contributed by atoms with Crippen molar-refractivity contribution in [2.24, 2.45) is 9.98 Å². The van der Waals surface area contributed by atoms with Gasteiger partial charge in [0.15, 0.2) is 0 Å². The van der Waals surface area contributed by atoms with E-state index in [1.807, 2.05) is 6.20 Å². The number of halogens is 1. The van der Waals surface area contributed by atoms with Gasteiger partial charge in [-0.15, -0.1) is 0 Å². The van der Waals surface area contributed by atoms with E-state index >= 15 is 0 Å². The third kappa shape index (κ3) is 7.51. The second-order valence-corrected chi connectivity index (χ2v) is 16.7. The molecule has 0 bridgehead atoms. The zero-order valence-electron chi connectivity index (χ0n) is 34.5. The van der Waals surface area contributed by atoms with Crippen molar-refractivity contribution in [3.8, 4) is 0 Å². The molecule has 3 aliphatic carbocycles. The molecule has 0 unspecified atom stereocenters. The summed E-state index contributed by atoms with van der Waals surface area (Å²) in [5, 5.41) is 1.08. The Balaban J connectivity index is 0.982. The predicted molar refractivity (Wildman–Crippen MR) is 267 cm³/mol. The highest BCUT2D eigenvalue weighted by atomic mass is 127. The van der Waals surface area contributed by atoms with Crippen molar-refractivity contribution in [1.29, 1.82) is 0 Å². The van der Waals surface area contributed by atoms with Gasteiger partial charge in [-0.1, -0.05) is 183 Å². The van der Waals surface area contributed by atoms with E-state index in [2.05, 4.69) is 230 Å². The minimum absolute atomic E-state index is 0.220. The summed E-state index contributed by atoms with van der Waals surface area (Å²) in [7, 11) is 0. The van der Waals surface area contributed by atoms with Gasteiger partial charge in [0.1, 0.15) is 5.69 Å². The lowest BCUT2D eigenvalue weighted by Crippen LogP contribution is -2.29. The first-order valence-electron chi connectivity index (χ1n) is 20.9. The summed E-state index contributed by atoms with van der Waals surface area (Å²) < 4.78 is 1.06. The van der Waals surface area contributed by atoms with Crippen LogP contribution in [0.3, 0.4) is 0 Å². The maximum absolute atomic E-state index is 5.25. The average Bonchev–Trinajstić information content (AvgIpc) is 3.62. The SMILES string of the molecule is C=CC=Nc1c(I)ccc2c(C(/C=C\[C@H](C)c3ccc(CN=C4C=CC=C/C4=C4\C=C5C(=CC4)c4ccccc4C5(c4ccccc4)c4ccccc4)cc3)=C/C)ccnc12. The smallest absolute Gasteiger partial charge is 0.103 e. The van der Waals surface area contributed by atoms with Gasteiger partial charge in [-0.25, -0.2) is 0 Å². The van der Waals surface area contributed by atoms with E-state index in [1.165, 1.54) is 55.7 Å². The fraction of sp³-hybridized carbons (Fsp3) is 0.105. The average molecular weight is 900 g/mol. The van der Waals surface area contributed by atoms with Crippen molar-refractivity contribution in [3.63, 3.8) is 0 Å². The van der Waals surface area contributed by atoms with Gasteiger partial charge in [0.05, 0.1) is 23.2 Å². The molecule has 0 fully saturated rings. The van der Waals surface area contributed by atoms with Crippen LogP contribution in [0, 0.1) is 3.57 Å². The summed E-state index contributed by atoms with van der Waals surface area (Å²) >= 11 is 2.32. The summed E-state index contributed by atoms with van der Waals surface area (Å²) in [5.74, 6) is 0.220. The topological polar surface area (TPSA) is 37.6 Å². The molecule has 0 saturated heterocycles. The van der Waals surface area contributed by atoms with Gasteiger partial charge in [-0.05, 0) is 121 Å². The lowest BCUT2D eigenvalue weighted by molar-refractivity contribution is 0.766. The number of nitrogens with zero attached hydrogens (tertiary/aromatic N) is 3. The van der Waals surface area contributed by atoms with Crippen LogP contribution in [-0.2, 0) is 12.0 Å². The van der Waals surface area contributed by atoms with E-state index in [0.29, 0.717) is 6.54 Å². The van der Waals surface area contributed by atoms with Crippen molar-refractivity contribution in [2.75, 3.05) is 0 Å². The Kier molecular flexibility index (Phi) is 11.5. The summed E-state index contributed by atoms with van der Waals surface area (Å²) in [6.45, 7) is 8.73. The van der Waals surface area contributed by atoms with Crippen LogP contribution in [0.25, 0.3) is 22.0 Å². The second kappa shape index (κ2) is 17.6. The number of fused-ring (bicyclic) bond motifs is 4. The number of allylic oxidation sites excluding steroid dienone is 15. The van der Waals surface area contributed by atoms with E-state index in [4.69, 9.17) is 9.98 Å². The van der Waals surface area contributed by atoms with Crippen LogP contribution in [0.5, 0.6) is 0 Å². The Morgan fingerprint density at radius 2 is 1.57 bits per heavy atom. The van der Waals surface area contributed by atoms with Crippen LogP contribution in [0.4, 0.5) is 5.69 Å². The molecule has 3 nitrogen and oxygen atoms in total. The minimum Gasteiger partial charge on any atom is -0.280 e. The van der Waals surface area contributed by atoms with Gasteiger partial charge >= 0.3 is 0 Å². The molecule has 0 saturated carbocycles. The normalized spacial score (nSPS) is 18.1. The van der Waals surface area contributed by atoms with Gasteiger partial charge in [-0.3, -0.25) is 15.0 Å². The van der Waals surface area contributed by atoms with Crippen LogP contribution < -0.4 is 0 Å². The fourth-order valence-electron chi connectivity index (χ4n) is 9.11. The molecule has 0 radical (unpaired) electrons. The predicted octanol–water partition coefficient (Wildman–Crippen LogP) is 14.6. The summed E-state index contributed by atoms with van der Waals surface area (Å²) in [4.78, 5) is 14.6. The Morgan fingerprint density at radius 3 is 2.31 bits per heavy atom. The van der Waals surface area contributed by atoms with Gasteiger partial charge in [0, 0.05) is 26.9 Å². The lowest BCUT2D eigenvalue weighted by atomic mass is 9.66. The Hall–Kier alpha value is -6.50. The number of aliphatic imine (C=N–C) groups is 2. The molecule has 0 amide bonds. The Labute approximate surface area is 373 Å². The molecule has 1 heterocycles. The van der Waals surface area contributed by atoms with E-state index in [9.17, 15) is 0 Å². The lowest BCUT2D eigenvalue weighted by Gasteiger charge is -2.35. The summed E-state index contributed by atoms with van der Waals surface area (Å²) in [6, 6.07) is 46.3. The number of pyridine rings is 1. The van der Waals surface area contributed by atoms with Gasteiger partial charge < -0.3 is 0 Å². The summed E-state index contributed by atoms with van der Waals surface area (Å²) in [6.07, 6.45) is 26.4. The van der Waals surface area contributed by atoms with E-state index in [1.54, 1.807) is 12.3 Å². The van der Waals surface area contributed by atoms with Crippen LogP contribution in [0.15, 0.2) is 228 Å². The molecule has 3 aliphatic rings. The van der Waals surface area contributed by atoms with Crippen LogP contribution in [-0.4, -0.2) is 16.9 Å². The van der Waals surface area contributed by atoms with Gasteiger partial charge in [0.25, 0.3) is 0 Å². The monoisotopic (exact) mass is 899 g/mol. The van der Waals surface area contributed by atoms with Crippen LogP contribution in [0.1, 0.15) is 65.1 Å².